The number of benzene rings is 1. The van der Waals surface area contributed by atoms with Crippen LogP contribution in [0.2, 0.25) is 0 Å². The molecular formula is C19H25NO3. The number of rotatable bonds is 5. The van der Waals surface area contributed by atoms with Crippen molar-refractivity contribution in [3.05, 3.63) is 35.9 Å². The molecule has 0 N–H and O–H groups in total. The zero-order valence-electron chi connectivity index (χ0n) is 13.7. The predicted octanol–water partition coefficient (Wildman–Crippen LogP) is 2.98. The van der Waals surface area contributed by atoms with Crippen LogP contribution in [-0.2, 0) is 14.3 Å². The van der Waals surface area contributed by atoms with Gasteiger partial charge < -0.3 is 9.64 Å². The van der Waals surface area contributed by atoms with Gasteiger partial charge in [-0.2, -0.15) is 0 Å². The van der Waals surface area contributed by atoms with E-state index in [1.807, 2.05) is 30.0 Å². The van der Waals surface area contributed by atoms with Gasteiger partial charge in [-0.1, -0.05) is 30.3 Å². The summed E-state index contributed by atoms with van der Waals surface area (Å²) in [6, 6.07) is 10.1. The van der Waals surface area contributed by atoms with Gasteiger partial charge in [0.25, 0.3) is 0 Å². The maximum Gasteiger partial charge on any atom is 0.309 e. The third-order valence-electron chi connectivity index (χ3n) is 4.94. The molecule has 1 amide bonds. The Bertz CT molecular complexity index is 545. The van der Waals surface area contributed by atoms with Crippen LogP contribution in [0.1, 0.15) is 44.1 Å². The molecule has 4 nitrogen and oxygen atoms in total. The lowest BCUT2D eigenvalue weighted by molar-refractivity contribution is -0.151. The number of likely N-dealkylation sites (tertiary alicyclic amines) is 1. The second-order valence-corrected chi connectivity index (χ2v) is 6.58. The maximum absolute atomic E-state index is 13.0. The highest BCUT2D eigenvalue weighted by Crippen LogP contribution is 2.44. The average Bonchev–Trinajstić information content (AvgIpc) is 3.41. The fraction of sp³-hybridized carbons (Fsp3) is 0.579. The van der Waals surface area contributed by atoms with Crippen molar-refractivity contribution in [2.45, 2.75) is 38.5 Å². The molecule has 1 aliphatic heterocycles. The van der Waals surface area contributed by atoms with Crippen LogP contribution in [0.3, 0.4) is 0 Å². The van der Waals surface area contributed by atoms with Crippen molar-refractivity contribution in [1.29, 1.82) is 0 Å². The van der Waals surface area contributed by atoms with E-state index in [9.17, 15) is 9.59 Å². The summed E-state index contributed by atoms with van der Waals surface area (Å²) in [5.74, 6) is 0.570. The molecule has 1 aromatic carbocycles. The molecule has 0 radical (unpaired) electrons. The molecule has 4 heteroatoms. The van der Waals surface area contributed by atoms with E-state index in [0.717, 1.165) is 31.2 Å². The number of carbonyl (C=O) groups is 2. The molecule has 1 heterocycles. The molecule has 0 bridgehead atoms. The molecule has 124 valence electrons. The Morgan fingerprint density at radius 1 is 1.13 bits per heavy atom. The second kappa shape index (κ2) is 7.16. The van der Waals surface area contributed by atoms with Crippen molar-refractivity contribution in [3.8, 4) is 0 Å². The van der Waals surface area contributed by atoms with Gasteiger partial charge in [0.2, 0.25) is 5.91 Å². The molecule has 1 atom stereocenters. The van der Waals surface area contributed by atoms with Gasteiger partial charge in [0.15, 0.2) is 0 Å². The van der Waals surface area contributed by atoms with E-state index in [1.165, 1.54) is 0 Å². The van der Waals surface area contributed by atoms with Crippen LogP contribution in [0, 0.1) is 11.8 Å². The largest absolute Gasteiger partial charge is 0.466 e. The first-order valence-electron chi connectivity index (χ1n) is 8.71. The molecule has 1 saturated carbocycles. The Morgan fingerprint density at radius 3 is 2.35 bits per heavy atom. The normalized spacial score (nSPS) is 20.1. The number of ether oxygens (including phenoxy) is 1. The quantitative estimate of drug-likeness (QED) is 0.785. The lowest BCUT2D eigenvalue weighted by atomic mass is 9.90. The molecule has 2 fully saturated rings. The summed E-state index contributed by atoms with van der Waals surface area (Å²) in [6.45, 7) is 3.59. The molecule has 23 heavy (non-hydrogen) atoms. The first-order chi connectivity index (χ1) is 11.2. The van der Waals surface area contributed by atoms with Crippen molar-refractivity contribution in [1.82, 2.24) is 4.90 Å². The van der Waals surface area contributed by atoms with Crippen LogP contribution in [0.5, 0.6) is 0 Å². The van der Waals surface area contributed by atoms with Gasteiger partial charge in [-0.05, 0) is 44.1 Å². The Labute approximate surface area is 137 Å². The van der Waals surface area contributed by atoms with Crippen LogP contribution in [0.25, 0.3) is 0 Å². The molecular weight excluding hydrogens is 290 g/mol. The summed E-state index contributed by atoms with van der Waals surface area (Å²) >= 11 is 0. The van der Waals surface area contributed by atoms with Gasteiger partial charge in [-0.3, -0.25) is 9.59 Å². The number of piperidine rings is 1. The van der Waals surface area contributed by atoms with Gasteiger partial charge in [0, 0.05) is 13.1 Å². The van der Waals surface area contributed by atoms with E-state index in [1.54, 1.807) is 0 Å². The molecule has 0 spiro atoms. The van der Waals surface area contributed by atoms with Crippen LogP contribution in [0.4, 0.5) is 0 Å². The first-order valence-corrected chi connectivity index (χ1v) is 8.71. The van der Waals surface area contributed by atoms with E-state index < -0.39 is 0 Å². The van der Waals surface area contributed by atoms with Crippen LogP contribution < -0.4 is 0 Å². The summed E-state index contributed by atoms with van der Waals surface area (Å²) in [7, 11) is 0. The highest BCUT2D eigenvalue weighted by atomic mass is 16.5. The number of hydrogen-bond acceptors (Lipinski definition) is 3. The smallest absolute Gasteiger partial charge is 0.309 e. The Morgan fingerprint density at radius 2 is 1.78 bits per heavy atom. The predicted molar refractivity (Wildman–Crippen MR) is 87.8 cm³/mol. The fourth-order valence-corrected chi connectivity index (χ4v) is 3.50. The first kappa shape index (κ1) is 16.0. The lowest BCUT2D eigenvalue weighted by Crippen LogP contribution is -2.43. The van der Waals surface area contributed by atoms with Crippen LogP contribution in [0.15, 0.2) is 30.3 Å². The monoisotopic (exact) mass is 315 g/mol. The topological polar surface area (TPSA) is 46.6 Å². The zero-order chi connectivity index (χ0) is 16.2. The summed E-state index contributed by atoms with van der Waals surface area (Å²) in [5, 5.41) is 0. The molecule has 3 rings (SSSR count). The highest BCUT2D eigenvalue weighted by molar-refractivity contribution is 5.85. The molecule has 1 unspecified atom stereocenters. The number of amides is 1. The molecule has 2 aliphatic rings. The van der Waals surface area contributed by atoms with E-state index in [2.05, 4.69) is 12.1 Å². The SMILES string of the molecule is CCOC(=O)C1CCN(C(=O)C(c2ccccc2)C2CC2)CC1. The Balaban J connectivity index is 1.63. The van der Waals surface area contributed by atoms with E-state index in [4.69, 9.17) is 4.74 Å². The van der Waals surface area contributed by atoms with Gasteiger partial charge >= 0.3 is 5.97 Å². The minimum Gasteiger partial charge on any atom is -0.466 e. The van der Waals surface area contributed by atoms with Crippen LogP contribution >= 0.6 is 0 Å². The summed E-state index contributed by atoms with van der Waals surface area (Å²) in [5.41, 5.74) is 1.13. The minimum absolute atomic E-state index is 0.00431. The van der Waals surface area contributed by atoms with Crippen molar-refractivity contribution in [2.75, 3.05) is 19.7 Å². The summed E-state index contributed by atoms with van der Waals surface area (Å²) < 4.78 is 5.10. The van der Waals surface area contributed by atoms with Crippen molar-refractivity contribution in [2.24, 2.45) is 11.8 Å². The molecule has 1 saturated heterocycles. The van der Waals surface area contributed by atoms with Gasteiger partial charge in [0.1, 0.15) is 0 Å². The van der Waals surface area contributed by atoms with Gasteiger partial charge in [-0.25, -0.2) is 0 Å². The standard InChI is InChI=1S/C19H25NO3/c1-2-23-19(22)16-10-12-20(13-11-16)18(21)17(15-8-9-15)14-6-4-3-5-7-14/h3-7,15-17H,2,8-13H2,1H3. The molecule has 1 aromatic rings. The highest BCUT2D eigenvalue weighted by Gasteiger charge is 2.40. The number of esters is 1. The number of carbonyl (C=O) groups excluding carboxylic acids is 2. The van der Waals surface area contributed by atoms with Crippen molar-refractivity contribution >= 4 is 11.9 Å². The fourth-order valence-electron chi connectivity index (χ4n) is 3.50. The van der Waals surface area contributed by atoms with Crippen molar-refractivity contribution < 1.29 is 14.3 Å². The third kappa shape index (κ3) is 3.74. The average molecular weight is 315 g/mol. The third-order valence-corrected chi connectivity index (χ3v) is 4.94. The zero-order valence-corrected chi connectivity index (χ0v) is 13.7. The number of nitrogens with zero attached hydrogens (tertiary/aromatic N) is 1. The Kier molecular flexibility index (Phi) is 4.99. The molecule has 0 aromatic heterocycles. The lowest BCUT2D eigenvalue weighted by Gasteiger charge is -2.33. The van der Waals surface area contributed by atoms with Gasteiger partial charge in [-0.15, -0.1) is 0 Å². The van der Waals surface area contributed by atoms with Crippen molar-refractivity contribution in [3.63, 3.8) is 0 Å². The number of hydrogen-bond donors (Lipinski definition) is 0. The Hall–Kier alpha value is -1.84. The van der Waals surface area contributed by atoms with E-state index in [0.29, 0.717) is 25.6 Å². The second-order valence-electron chi connectivity index (χ2n) is 6.58. The maximum atomic E-state index is 13.0. The van der Waals surface area contributed by atoms with Gasteiger partial charge in [0.05, 0.1) is 18.4 Å². The van der Waals surface area contributed by atoms with E-state index in [-0.39, 0.29) is 23.7 Å². The minimum atomic E-state index is -0.110. The van der Waals surface area contributed by atoms with E-state index >= 15 is 0 Å². The summed E-state index contributed by atoms with van der Waals surface area (Å²) in [6.07, 6.45) is 3.72. The summed E-state index contributed by atoms with van der Waals surface area (Å²) in [4.78, 5) is 26.8. The van der Waals surface area contributed by atoms with Crippen LogP contribution in [-0.4, -0.2) is 36.5 Å². The molecule has 1 aliphatic carbocycles.